The zero-order valence-corrected chi connectivity index (χ0v) is 17.0. The molecule has 3 amide bonds. The van der Waals surface area contributed by atoms with E-state index in [1.165, 1.54) is 6.92 Å². The number of ether oxygens (including phenoxy) is 1. The Bertz CT molecular complexity index is 966. The van der Waals surface area contributed by atoms with Crippen LogP contribution in [-0.4, -0.2) is 41.2 Å². The van der Waals surface area contributed by atoms with Crippen LogP contribution in [0.4, 0.5) is 13.6 Å². The van der Waals surface area contributed by atoms with Crippen LogP contribution in [0.25, 0.3) is 0 Å². The van der Waals surface area contributed by atoms with Gasteiger partial charge in [0.1, 0.15) is 35.6 Å². The molecule has 2 aromatic carbocycles. The lowest BCUT2D eigenvalue weighted by atomic mass is 9.91. The molecule has 2 N–H and O–H groups in total. The van der Waals surface area contributed by atoms with Gasteiger partial charge in [0, 0.05) is 5.56 Å². The van der Waals surface area contributed by atoms with E-state index < -0.39 is 35.2 Å². The number of nitrogens with one attached hydrogen (secondary N) is 1. The Morgan fingerprint density at radius 3 is 2.57 bits per heavy atom. The number of benzene rings is 2. The summed E-state index contributed by atoms with van der Waals surface area (Å²) in [5.74, 6) is -1.51. The summed E-state index contributed by atoms with van der Waals surface area (Å²) >= 11 is 0. The molecule has 3 rings (SSSR count). The summed E-state index contributed by atoms with van der Waals surface area (Å²) in [7, 11) is 0. The minimum atomic E-state index is -1.77. The number of para-hydroxylation sites is 1. The summed E-state index contributed by atoms with van der Waals surface area (Å²) in [5.41, 5.74) is -1.08. The number of hydrogen-bond acceptors (Lipinski definition) is 4. The van der Waals surface area contributed by atoms with Crippen molar-refractivity contribution in [2.75, 3.05) is 13.2 Å². The molecule has 6 nitrogen and oxygen atoms in total. The number of carbonyl (C=O) groups excluding carboxylic acids is 2. The Balaban J connectivity index is 1.71. The molecule has 0 saturated carbocycles. The molecule has 1 aliphatic heterocycles. The van der Waals surface area contributed by atoms with Gasteiger partial charge in [0.05, 0.1) is 6.54 Å². The van der Waals surface area contributed by atoms with Gasteiger partial charge < -0.3 is 15.2 Å². The molecular formula is C22H24F2N2O4. The lowest BCUT2D eigenvalue weighted by molar-refractivity contribution is -0.132. The predicted octanol–water partition coefficient (Wildman–Crippen LogP) is 3.30. The number of carbonyl (C=O) groups is 2. The second-order valence-corrected chi connectivity index (χ2v) is 7.75. The summed E-state index contributed by atoms with van der Waals surface area (Å²) in [6.07, 6.45) is -1.17. The number of imide groups is 1. The van der Waals surface area contributed by atoms with Crippen LogP contribution in [0.2, 0.25) is 0 Å². The van der Waals surface area contributed by atoms with E-state index in [4.69, 9.17) is 4.74 Å². The number of hydrogen-bond donors (Lipinski definition) is 2. The van der Waals surface area contributed by atoms with Crippen LogP contribution in [-0.2, 0) is 10.3 Å². The molecule has 30 heavy (non-hydrogen) atoms. The van der Waals surface area contributed by atoms with Crippen molar-refractivity contribution in [1.29, 1.82) is 0 Å². The maximum Gasteiger partial charge on any atom is 0.325 e. The van der Waals surface area contributed by atoms with Gasteiger partial charge in [-0.2, -0.15) is 0 Å². The topological polar surface area (TPSA) is 78.9 Å². The molecule has 1 saturated heterocycles. The number of aliphatic hydroxyl groups excluding tert-OH is 1. The first kappa shape index (κ1) is 21.7. The molecule has 1 heterocycles. The van der Waals surface area contributed by atoms with Gasteiger partial charge in [-0.25, -0.2) is 13.6 Å². The van der Waals surface area contributed by atoms with Crippen molar-refractivity contribution >= 4 is 11.9 Å². The molecule has 0 aliphatic carbocycles. The number of rotatable bonds is 7. The molecule has 2 aromatic rings. The highest BCUT2D eigenvalue weighted by molar-refractivity contribution is 6.07. The largest absolute Gasteiger partial charge is 0.491 e. The molecule has 0 spiro atoms. The van der Waals surface area contributed by atoms with Crippen LogP contribution in [0.5, 0.6) is 5.75 Å². The molecule has 0 aromatic heterocycles. The summed E-state index contributed by atoms with van der Waals surface area (Å²) in [6.45, 7) is 4.83. The number of β-amino-alcohol motifs (C(OH)–C–C–N with tert-alkyl or cyclic N) is 1. The van der Waals surface area contributed by atoms with E-state index >= 15 is 0 Å². The molecule has 8 heteroatoms. The standard InChI is InChI=1S/C22H24F2N2O4/c1-13(2)16-6-4-5-7-19(16)30-12-15(27)11-26-20(28)22(3,25-21(26)29)17-10-14(23)8-9-18(17)24/h4-10,13,15,27H,11-12H2,1-3H3,(H,25,29)/t15-,22+/m1/s1. The van der Waals surface area contributed by atoms with E-state index in [1.54, 1.807) is 6.07 Å². The molecule has 0 bridgehead atoms. The van der Waals surface area contributed by atoms with Crippen molar-refractivity contribution in [1.82, 2.24) is 10.2 Å². The number of urea groups is 1. The predicted molar refractivity (Wildman–Crippen MR) is 106 cm³/mol. The SMILES string of the molecule is CC(C)c1ccccc1OC[C@H](O)CN1C(=O)N[C@@](C)(c2cc(F)ccc2F)C1=O. The first-order valence-electron chi connectivity index (χ1n) is 9.63. The Morgan fingerprint density at radius 2 is 1.87 bits per heavy atom. The van der Waals surface area contributed by atoms with E-state index in [2.05, 4.69) is 5.32 Å². The zero-order chi connectivity index (χ0) is 22.1. The van der Waals surface area contributed by atoms with Gasteiger partial charge in [0.15, 0.2) is 0 Å². The van der Waals surface area contributed by atoms with Crippen LogP contribution >= 0.6 is 0 Å². The van der Waals surface area contributed by atoms with E-state index in [1.807, 2.05) is 32.0 Å². The number of halogens is 2. The molecule has 1 aliphatic rings. The molecule has 160 valence electrons. The third-order valence-corrected chi connectivity index (χ3v) is 5.11. The number of aliphatic hydroxyl groups is 1. The van der Waals surface area contributed by atoms with E-state index in [9.17, 15) is 23.5 Å². The van der Waals surface area contributed by atoms with Crippen molar-refractivity contribution in [3.05, 3.63) is 65.2 Å². The van der Waals surface area contributed by atoms with E-state index in [-0.39, 0.29) is 24.6 Å². The normalized spacial score (nSPS) is 19.9. The highest BCUT2D eigenvalue weighted by Gasteiger charge is 2.50. The molecule has 0 unspecified atom stereocenters. The van der Waals surface area contributed by atoms with Crippen LogP contribution in [0, 0.1) is 11.6 Å². The van der Waals surface area contributed by atoms with E-state index in [0.717, 1.165) is 28.7 Å². The average Bonchev–Trinajstić information content (AvgIpc) is 2.92. The van der Waals surface area contributed by atoms with Gasteiger partial charge in [0.2, 0.25) is 0 Å². The Kier molecular flexibility index (Phi) is 6.07. The number of nitrogens with zero attached hydrogens (tertiary/aromatic N) is 1. The van der Waals surface area contributed by atoms with Crippen molar-refractivity contribution in [2.45, 2.75) is 38.3 Å². The highest BCUT2D eigenvalue weighted by Crippen LogP contribution is 2.31. The number of amides is 3. The lowest BCUT2D eigenvalue weighted by Crippen LogP contribution is -2.43. The fourth-order valence-electron chi connectivity index (χ4n) is 3.46. The van der Waals surface area contributed by atoms with Crippen molar-refractivity contribution < 1.29 is 28.2 Å². The molecule has 1 fully saturated rings. The minimum Gasteiger partial charge on any atom is -0.491 e. The fourth-order valence-corrected chi connectivity index (χ4v) is 3.46. The molecular weight excluding hydrogens is 394 g/mol. The van der Waals surface area contributed by atoms with Gasteiger partial charge in [0.25, 0.3) is 5.91 Å². The maximum atomic E-state index is 14.2. The molecule has 0 radical (unpaired) electrons. The summed E-state index contributed by atoms with van der Waals surface area (Å²) in [4.78, 5) is 26.0. The quantitative estimate of drug-likeness (QED) is 0.677. The van der Waals surface area contributed by atoms with Gasteiger partial charge in [-0.3, -0.25) is 9.69 Å². The highest BCUT2D eigenvalue weighted by atomic mass is 19.1. The first-order chi connectivity index (χ1) is 14.1. The Morgan fingerprint density at radius 1 is 1.17 bits per heavy atom. The van der Waals surface area contributed by atoms with Crippen LogP contribution < -0.4 is 10.1 Å². The Hall–Kier alpha value is -3.00. The lowest BCUT2D eigenvalue weighted by Gasteiger charge is -2.23. The van der Waals surface area contributed by atoms with Crippen LogP contribution in [0.3, 0.4) is 0 Å². The van der Waals surface area contributed by atoms with Crippen molar-refractivity contribution in [3.8, 4) is 5.75 Å². The van der Waals surface area contributed by atoms with Gasteiger partial charge in [-0.05, 0) is 42.7 Å². The second-order valence-electron chi connectivity index (χ2n) is 7.75. The summed E-state index contributed by atoms with van der Waals surface area (Å²) in [6, 6.07) is 9.29. The maximum absolute atomic E-state index is 14.2. The van der Waals surface area contributed by atoms with Crippen molar-refractivity contribution in [2.24, 2.45) is 0 Å². The monoisotopic (exact) mass is 418 g/mol. The third kappa shape index (κ3) is 4.14. The van der Waals surface area contributed by atoms with Crippen molar-refractivity contribution in [3.63, 3.8) is 0 Å². The fraction of sp³-hybridized carbons (Fsp3) is 0.364. The zero-order valence-electron chi connectivity index (χ0n) is 17.0. The molecule has 2 atom stereocenters. The first-order valence-corrected chi connectivity index (χ1v) is 9.63. The summed E-state index contributed by atoms with van der Waals surface area (Å²) < 4.78 is 33.5. The smallest absolute Gasteiger partial charge is 0.325 e. The van der Waals surface area contributed by atoms with Gasteiger partial charge in [-0.15, -0.1) is 0 Å². The average molecular weight is 418 g/mol. The van der Waals surface area contributed by atoms with Crippen LogP contribution in [0.15, 0.2) is 42.5 Å². The van der Waals surface area contributed by atoms with Gasteiger partial charge in [-0.1, -0.05) is 32.0 Å². The minimum absolute atomic E-state index is 0.147. The Labute approximate surface area is 173 Å². The second kappa shape index (κ2) is 8.39. The summed E-state index contributed by atoms with van der Waals surface area (Å²) in [5, 5.41) is 12.7. The van der Waals surface area contributed by atoms with Crippen LogP contribution in [0.1, 0.15) is 37.8 Å². The van der Waals surface area contributed by atoms with Gasteiger partial charge >= 0.3 is 6.03 Å². The van der Waals surface area contributed by atoms with E-state index in [0.29, 0.717) is 5.75 Å². The third-order valence-electron chi connectivity index (χ3n) is 5.11.